The number of hydrogen-bond donors (Lipinski definition) is 0. The molecular formula is C12H20OS. The zero-order chi connectivity index (χ0) is 9.97. The van der Waals surface area contributed by atoms with Crippen LogP contribution in [0.15, 0.2) is 0 Å². The third-order valence-corrected chi connectivity index (χ3v) is 6.75. The lowest BCUT2D eigenvalue weighted by atomic mass is 9.70. The van der Waals surface area contributed by atoms with Crippen molar-refractivity contribution in [3.63, 3.8) is 0 Å². The molecule has 0 aromatic heterocycles. The van der Waals surface area contributed by atoms with Gasteiger partial charge in [-0.05, 0) is 24.2 Å². The lowest BCUT2D eigenvalue weighted by molar-refractivity contribution is -0.0418. The van der Waals surface area contributed by atoms with E-state index in [0.717, 1.165) is 17.8 Å². The van der Waals surface area contributed by atoms with E-state index < -0.39 is 0 Å². The molecule has 1 nitrogen and oxygen atoms in total. The number of hydrogen-bond acceptors (Lipinski definition) is 2. The summed E-state index contributed by atoms with van der Waals surface area (Å²) in [6, 6.07) is 0. The smallest absolute Gasteiger partial charge is 0.0755 e. The first-order chi connectivity index (χ1) is 6.57. The Morgan fingerprint density at radius 2 is 2.07 bits per heavy atom. The average Bonchev–Trinajstić information content (AvgIpc) is 2.49. The summed E-state index contributed by atoms with van der Waals surface area (Å²) in [7, 11) is 0. The zero-order valence-corrected chi connectivity index (χ0v) is 10.2. The van der Waals surface area contributed by atoms with Crippen LogP contribution in [0.5, 0.6) is 0 Å². The highest BCUT2D eigenvalue weighted by Gasteiger charge is 2.67. The first-order valence-electron chi connectivity index (χ1n) is 5.80. The van der Waals surface area contributed by atoms with Gasteiger partial charge in [0.05, 0.1) is 12.7 Å². The van der Waals surface area contributed by atoms with E-state index in [-0.39, 0.29) is 0 Å². The van der Waals surface area contributed by atoms with Crippen LogP contribution < -0.4 is 0 Å². The van der Waals surface area contributed by atoms with Gasteiger partial charge < -0.3 is 4.74 Å². The van der Waals surface area contributed by atoms with Crippen molar-refractivity contribution in [2.24, 2.45) is 16.7 Å². The molecule has 2 saturated carbocycles. The standard InChI is InChI=1S/C12H20OS/c1-11(2)8-4-5-12(11,3)10-9(8)14-7-6-13-10/h8-10H,4-7H2,1-3H3/t8-,9-,10-,12+/m1/s1. The van der Waals surface area contributed by atoms with Gasteiger partial charge in [0.2, 0.25) is 0 Å². The van der Waals surface area contributed by atoms with Crippen molar-refractivity contribution in [3.05, 3.63) is 0 Å². The van der Waals surface area contributed by atoms with Crippen LogP contribution >= 0.6 is 11.8 Å². The van der Waals surface area contributed by atoms with Crippen LogP contribution in [0.4, 0.5) is 0 Å². The molecule has 1 aliphatic heterocycles. The molecule has 3 fully saturated rings. The van der Waals surface area contributed by atoms with Gasteiger partial charge in [-0.2, -0.15) is 11.8 Å². The number of fused-ring (bicyclic) bond motifs is 5. The van der Waals surface area contributed by atoms with E-state index in [9.17, 15) is 0 Å². The first-order valence-corrected chi connectivity index (χ1v) is 6.85. The fourth-order valence-corrected chi connectivity index (χ4v) is 5.79. The summed E-state index contributed by atoms with van der Waals surface area (Å²) in [5.41, 5.74) is 0.954. The minimum Gasteiger partial charge on any atom is -0.376 e. The molecule has 0 spiro atoms. The molecule has 2 heteroatoms. The summed E-state index contributed by atoms with van der Waals surface area (Å²) in [6.45, 7) is 8.37. The van der Waals surface area contributed by atoms with Gasteiger partial charge in [-0.3, -0.25) is 0 Å². The van der Waals surface area contributed by atoms with E-state index in [1.54, 1.807) is 0 Å². The Hall–Kier alpha value is 0.310. The fourth-order valence-electron chi connectivity index (χ4n) is 4.06. The van der Waals surface area contributed by atoms with E-state index in [2.05, 4.69) is 32.5 Å². The number of ether oxygens (including phenoxy) is 1. The van der Waals surface area contributed by atoms with Crippen molar-refractivity contribution >= 4 is 11.8 Å². The maximum absolute atomic E-state index is 6.05. The molecule has 0 amide bonds. The molecule has 2 bridgehead atoms. The number of thioether (sulfide) groups is 1. The molecule has 80 valence electrons. The number of rotatable bonds is 0. The van der Waals surface area contributed by atoms with E-state index in [4.69, 9.17) is 4.74 Å². The highest BCUT2D eigenvalue weighted by Crippen LogP contribution is 2.69. The molecule has 0 unspecified atom stereocenters. The monoisotopic (exact) mass is 212 g/mol. The summed E-state index contributed by atoms with van der Waals surface area (Å²) in [5.74, 6) is 2.12. The second-order valence-electron chi connectivity index (χ2n) is 5.91. The normalized spacial score (nSPS) is 54.6. The molecule has 14 heavy (non-hydrogen) atoms. The Morgan fingerprint density at radius 3 is 2.79 bits per heavy atom. The molecule has 0 N–H and O–H groups in total. The maximum atomic E-state index is 6.05. The third kappa shape index (κ3) is 0.880. The van der Waals surface area contributed by atoms with Gasteiger partial charge in [-0.15, -0.1) is 0 Å². The molecule has 0 aromatic rings. The molecule has 0 aromatic carbocycles. The zero-order valence-electron chi connectivity index (χ0n) is 9.38. The van der Waals surface area contributed by atoms with Crippen LogP contribution in [0.2, 0.25) is 0 Å². The van der Waals surface area contributed by atoms with Crippen LogP contribution in [0.3, 0.4) is 0 Å². The van der Waals surface area contributed by atoms with Crippen LogP contribution in [-0.4, -0.2) is 23.7 Å². The predicted molar refractivity (Wildman–Crippen MR) is 60.6 cm³/mol. The summed E-state index contributed by atoms with van der Waals surface area (Å²) in [6.07, 6.45) is 3.36. The van der Waals surface area contributed by atoms with Gasteiger partial charge in [0.1, 0.15) is 0 Å². The second kappa shape index (κ2) is 2.70. The van der Waals surface area contributed by atoms with Crippen LogP contribution in [0, 0.1) is 16.7 Å². The predicted octanol–water partition coefficient (Wildman–Crippen LogP) is 2.94. The first kappa shape index (κ1) is 9.53. The summed E-state index contributed by atoms with van der Waals surface area (Å²) in [5, 5.41) is 0.803. The SMILES string of the molecule is CC1(C)[C@@H]2CC[C@@]1(C)[C@@H]1OCCS[C@H]21. The quantitative estimate of drug-likeness (QED) is 0.610. The van der Waals surface area contributed by atoms with Crippen molar-refractivity contribution in [2.45, 2.75) is 45.0 Å². The van der Waals surface area contributed by atoms with Crippen molar-refractivity contribution in [2.75, 3.05) is 12.4 Å². The lowest BCUT2D eigenvalue weighted by Crippen LogP contribution is -2.43. The fraction of sp³-hybridized carbons (Fsp3) is 1.00. The average molecular weight is 212 g/mol. The minimum absolute atomic E-state index is 0.454. The van der Waals surface area contributed by atoms with Gasteiger partial charge >= 0.3 is 0 Å². The Morgan fingerprint density at radius 1 is 1.29 bits per heavy atom. The van der Waals surface area contributed by atoms with Crippen molar-refractivity contribution < 1.29 is 4.74 Å². The summed E-state index contributed by atoms with van der Waals surface area (Å²) in [4.78, 5) is 0. The largest absolute Gasteiger partial charge is 0.376 e. The summed E-state index contributed by atoms with van der Waals surface area (Å²) < 4.78 is 6.05. The molecule has 1 heterocycles. The topological polar surface area (TPSA) is 9.23 Å². The Kier molecular flexibility index (Phi) is 1.84. The van der Waals surface area contributed by atoms with Crippen LogP contribution in [-0.2, 0) is 4.74 Å². The second-order valence-corrected chi connectivity index (χ2v) is 7.20. The Balaban J connectivity index is 2.02. The van der Waals surface area contributed by atoms with Gasteiger partial charge in [0.15, 0.2) is 0 Å². The van der Waals surface area contributed by atoms with Crippen LogP contribution in [0.1, 0.15) is 33.6 Å². The van der Waals surface area contributed by atoms with Crippen molar-refractivity contribution in [3.8, 4) is 0 Å². The van der Waals surface area contributed by atoms with Crippen molar-refractivity contribution in [1.29, 1.82) is 0 Å². The molecule has 4 atom stereocenters. The molecule has 1 saturated heterocycles. The van der Waals surface area contributed by atoms with Crippen LogP contribution in [0.25, 0.3) is 0 Å². The van der Waals surface area contributed by atoms with Gasteiger partial charge in [-0.1, -0.05) is 20.8 Å². The maximum Gasteiger partial charge on any atom is 0.0755 e. The molecule has 0 radical (unpaired) electrons. The van der Waals surface area contributed by atoms with E-state index in [0.29, 0.717) is 16.9 Å². The Labute approximate surface area is 91.0 Å². The van der Waals surface area contributed by atoms with Gasteiger partial charge in [0, 0.05) is 16.4 Å². The van der Waals surface area contributed by atoms with E-state index >= 15 is 0 Å². The highest BCUT2D eigenvalue weighted by molar-refractivity contribution is 8.00. The highest BCUT2D eigenvalue weighted by atomic mass is 32.2. The summed E-state index contributed by atoms with van der Waals surface area (Å²) >= 11 is 2.17. The third-order valence-electron chi connectivity index (χ3n) is 5.39. The lowest BCUT2D eigenvalue weighted by Gasteiger charge is -2.41. The van der Waals surface area contributed by atoms with E-state index in [1.165, 1.54) is 18.6 Å². The van der Waals surface area contributed by atoms with E-state index in [1.807, 2.05) is 0 Å². The van der Waals surface area contributed by atoms with Crippen molar-refractivity contribution in [1.82, 2.24) is 0 Å². The van der Waals surface area contributed by atoms with Gasteiger partial charge in [-0.25, -0.2) is 0 Å². The molecule has 3 aliphatic rings. The minimum atomic E-state index is 0.454. The molecule has 2 aliphatic carbocycles. The molecular weight excluding hydrogens is 192 g/mol. The molecule has 3 rings (SSSR count). The Bertz CT molecular complexity index is 263. The van der Waals surface area contributed by atoms with Gasteiger partial charge in [0.25, 0.3) is 0 Å².